The molecule has 2 rings (SSSR count). The second kappa shape index (κ2) is 4.86. The van der Waals surface area contributed by atoms with E-state index in [0.717, 1.165) is 0 Å². The first kappa shape index (κ1) is 13.9. The van der Waals surface area contributed by atoms with Gasteiger partial charge in [0.15, 0.2) is 11.1 Å². The van der Waals surface area contributed by atoms with Gasteiger partial charge in [-0.05, 0) is 6.08 Å². The maximum Gasteiger partial charge on any atom is 0.413 e. The van der Waals surface area contributed by atoms with Gasteiger partial charge in [-0.1, -0.05) is 11.8 Å². The Hall–Kier alpha value is -1.54. The van der Waals surface area contributed by atoms with Gasteiger partial charge in [0.1, 0.15) is 12.4 Å². The minimum absolute atomic E-state index is 0.105. The number of carboxylic acids is 1. The van der Waals surface area contributed by atoms with Gasteiger partial charge in [-0.25, -0.2) is 9.59 Å². The molecule has 19 heavy (non-hydrogen) atoms. The molecule has 2 aliphatic rings. The van der Waals surface area contributed by atoms with Crippen LogP contribution in [0.4, 0.5) is 4.79 Å². The Morgan fingerprint density at radius 2 is 2.26 bits per heavy atom. The first-order valence-corrected chi connectivity index (χ1v) is 6.73. The lowest BCUT2D eigenvalue weighted by molar-refractivity contribution is -0.870. The van der Waals surface area contributed by atoms with Crippen molar-refractivity contribution in [2.75, 3.05) is 26.6 Å². The van der Waals surface area contributed by atoms with Crippen LogP contribution < -0.4 is 5.11 Å². The fraction of sp³-hybridized carbons (Fsp3) is 0.545. The molecule has 2 atom stereocenters. The quantitative estimate of drug-likeness (QED) is 0.493. The van der Waals surface area contributed by atoms with Crippen molar-refractivity contribution < 1.29 is 28.7 Å². The van der Waals surface area contributed by atoms with Crippen molar-refractivity contribution in [2.24, 2.45) is 0 Å². The molecule has 1 saturated heterocycles. The number of aliphatic carboxylic acids is 1. The van der Waals surface area contributed by atoms with Crippen molar-refractivity contribution in [1.82, 2.24) is 4.90 Å². The summed E-state index contributed by atoms with van der Waals surface area (Å²) in [6, 6.07) is 0. The molecule has 0 bridgehead atoms. The summed E-state index contributed by atoms with van der Waals surface area (Å²) >= 11 is 1.48. The Labute approximate surface area is 114 Å². The average Bonchev–Trinajstić information content (AvgIpc) is 2.34. The zero-order valence-corrected chi connectivity index (χ0v) is 11.4. The lowest BCUT2D eigenvalue weighted by atomic mass is 10.1. The highest BCUT2D eigenvalue weighted by atomic mass is 32.2. The Kier molecular flexibility index (Phi) is 3.55. The fourth-order valence-corrected chi connectivity index (χ4v) is 3.43. The third-order valence-corrected chi connectivity index (χ3v) is 4.52. The van der Waals surface area contributed by atoms with Crippen LogP contribution in [0.2, 0.25) is 0 Å². The molecule has 0 aliphatic carbocycles. The number of amides is 2. The summed E-state index contributed by atoms with van der Waals surface area (Å²) in [6.45, 7) is -0.298. The molecule has 0 aromatic rings. The summed E-state index contributed by atoms with van der Waals surface area (Å²) < 4.78 is 4.56. The molecule has 0 aromatic heterocycles. The number of thioether (sulfide) groups is 1. The van der Waals surface area contributed by atoms with Gasteiger partial charge >= 0.3 is 12.0 Å². The molecule has 1 fully saturated rings. The highest BCUT2D eigenvalue weighted by molar-refractivity contribution is 8.00. The average molecular weight is 286 g/mol. The van der Waals surface area contributed by atoms with Crippen molar-refractivity contribution in [3.63, 3.8) is 0 Å². The molecule has 0 saturated carbocycles. The third-order valence-electron chi connectivity index (χ3n) is 3.25. The molecule has 0 N–H and O–H groups in total. The normalized spacial score (nSPS) is 28.8. The summed E-state index contributed by atoms with van der Waals surface area (Å²) in [5, 5.41) is 11.0. The van der Waals surface area contributed by atoms with Gasteiger partial charge in [-0.15, -0.1) is 0 Å². The van der Waals surface area contributed by atoms with Crippen LogP contribution in [-0.2, 0) is 14.3 Å². The van der Waals surface area contributed by atoms with Crippen LogP contribution >= 0.6 is 11.8 Å². The summed E-state index contributed by atoms with van der Waals surface area (Å²) in [7, 11) is 3.02. The third kappa shape index (κ3) is 2.10. The minimum atomic E-state index is -1.39. The SMILES string of the molecule is CN(C)C(=O)OC[N+]12C(=O)C[C@H]1SCC=C2C(=O)[O-]. The first-order chi connectivity index (χ1) is 8.89. The highest BCUT2D eigenvalue weighted by Crippen LogP contribution is 2.45. The molecular formula is C11H14N2O5S. The Balaban J connectivity index is 2.23. The van der Waals surface area contributed by atoms with Crippen LogP contribution in [0.3, 0.4) is 0 Å². The Morgan fingerprint density at radius 1 is 1.58 bits per heavy atom. The molecule has 0 spiro atoms. The van der Waals surface area contributed by atoms with Crippen LogP contribution in [0.1, 0.15) is 6.42 Å². The molecule has 2 heterocycles. The maximum atomic E-state index is 11.9. The van der Waals surface area contributed by atoms with E-state index < -0.39 is 16.5 Å². The topological polar surface area (TPSA) is 86.7 Å². The second-order valence-corrected chi connectivity index (χ2v) is 5.78. The summed E-state index contributed by atoms with van der Waals surface area (Å²) in [5.41, 5.74) is -0.105. The predicted octanol–water partition coefficient (Wildman–Crippen LogP) is -0.904. The van der Waals surface area contributed by atoms with E-state index in [-0.39, 0.29) is 30.1 Å². The van der Waals surface area contributed by atoms with Crippen LogP contribution in [0.5, 0.6) is 0 Å². The van der Waals surface area contributed by atoms with Gasteiger partial charge in [0.05, 0.1) is 0 Å². The monoisotopic (exact) mass is 286 g/mol. The standard InChI is InChI=1S/C11H14N2O5S/c1-12(2)11(17)18-6-13-7(10(15)16)3-4-19-9(13)5-8(13)14/h3,9H,4-6H2,1-2H3/t9-,13?/m1/s1. The van der Waals surface area contributed by atoms with Gasteiger partial charge in [0.25, 0.3) is 0 Å². The molecule has 8 heteroatoms. The lowest BCUT2D eigenvalue weighted by Gasteiger charge is -2.50. The highest BCUT2D eigenvalue weighted by Gasteiger charge is 2.61. The minimum Gasteiger partial charge on any atom is -0.540 e. The van der Waals surface area contributed by atoms with Crippen molar-refractivity contribution >= 4 is 29.7 Å². The molecule has 1 unspecified atom stereocenters. The predicted molar refractivity (Wildman–Crippen MR) is 64.3 cm³/mol. The van der Waals surface area contributed by atoms with Gasteiger partial charge < -0.3 is 19.5 Å². The number of carbonyl (C=O) groups excluding carboxylic acids is 3. The van der Waals surface area contributed by atoms with E-state index in [9.17, 15) is 19.5 Å². The lowest BCUT2D eigenvalue weighted by Crippen LogP contribution is -2.71. The number of rotatable bonds is 3. The number of hydrogen-bond donors (Lipinski definition) is 0. The van der Waals surface area contributed by atoms with Gasteiger partial charge in [-0.3, -0.25) is 0 Å². The van der Waals surface area contributed by atoms with Gasteiger partial charge in [0, 0.05) is 19.8 Å². The van der Waals surface area contributed by atoms with Crippen LogP contribution in [0, 0.1) is 0 Å². The number of hydrogen-bond acceptors (Lipinski definition) is 6. The number of quaternary nitrogens is 1. The second-order valence-electron chi connectivity index (χ2n) is 4.57. The van der Waals surface area contributed by atoms with Crippen molar-refractivity contribution in [1.29, 1.82) is 0 Å². The number of ether oxygens (including phenoxy) is 1. The van der Waals surface area contributed by atoms with Crippen LogP contribution in [0.15, 0.2) is 11.8 Å². The van der Waals surface area contributed by atoms with Crippen molar-refractivity contribution in [3.8, 4) is 0 Å². The van der Waals surface area contributed by atoms with Crippen LogP contribution in [-0.4, -0.2) is 59.3 Å². The van der Waals surface area contributed by atoms with Crippen LogP contribution in [0.25, 0.3) is 0 Å². The molecule has 2 amide bonds. The number of carboxylic acid groups (broad SMARTS) is 1. The van der Waals surface area contributed by atoms with Crippen molar-refractivity contribution in [3.05, 3.63) is 11.8 Å². The van der Waals surface area contributed by atoms with Gasteiger partial charge in [-0.2, -0.15) is 4.48 Å². The Morgan fingerprint density at radius 3 is 2.79 bits per heavy atom. The zero-order valence-electron chi connectivity index (χ0n) is 10.6. The molecular weight excluding hydrogens is 272 g/mol. The van der Waals surface area contributed by atoms with E-state index >= 15 is 0 Å². The molecule has 7 nitrogen and oxygen atoms in total. The number of fused-ring (bicyclic) bond motifs is 1. The van der Waals surface area contributed by atoms with E-state index in [1.165, 1.54) is 36.8 Å². The Bertz CT molecular complexity index is 476. The van der Waals surface area contributed by atoms with E-state index in [1.807, 2.05) is 0 Å². The van der Waals surface area contributed by atoms with E-state index in [1.54, 1.807) is 0 Å². The summed E-state index contributed by atoms with van der Waals surface area (Å²) in [6.07, 6.45) is 1.13. The maximum absolute atomic E-state index is 11.9. The zero-order chi connectivity index (χ0) is 14.2. The summed E-state index contributed by atoms with van der Waals surface area (Å²) in [5.74, 6) is -1.14. The smallest absolute Gasteiger partial charge is 0.413 e. The fourth-order valence-electron chi connectivity index (χ4n) is 2.15. The molecule has 0 radical (unpaired) electrons. The van der Waals surface area contributed by atoms with Crippen molar-refractivity contribution in [2.45, 2.75) is 11.8 Å². The number of nitrogens with zero attached hydrogens (tertiary/aromatic N) is 2. The van der Waals surface area contributed by atoms with E-state index in [2.05, 4.69) is 0 Å². The molecule has 104 valence electrons. The number of carbonyl (C=O) groups is 3. The summed E-state index contributed by atoms with van der Waals surface area (Å²) in [4.78, 5) is 35.7. The van der Waals surface area contributed by atoms with E-state index in [4.69, 9.17) is 4.74 Å². The van der Waals surface area contributed by atoms with E-state index in [0.29, 0.717) is 5.75 Å². The largest absolute Gasteiger partial charge is 0.540 e. The molecule has 0 aromatic carbocycles. The molecule has 2 aliphatic heterocycles. The van der Waals surface area contributed by atoms with Gasteiger partial charge in [0.2, 0.25) is 6.73 Å². The number of β-lactam (4-membered cyclic amide) rings is 1. The first-order valence-electron chi connectivity index (χ1n) is 5.68.